The van der Waals surface area contributed by atoms with Gasteiger partial charge in [-0.2, -0.15) is 0 Å². The Hall–Kier alpha value is -2.66. The number of carbonyl (C=O) groups excluding carboxylic acids is 2. The van der Waals surface area contributed by atoms with Crippen LogP contribution in [0.15, 0.2) is 54.6 Å². The van der Waals surface area contributed by atoms with Crippen LogP contribution in [0.2, 0.25) is 0 Å². The van der Waals surface area contributed by atoms with E-state index in [-0.39, 0.29) is 29.3 Å². The highest BCUT2D eigenvalue weighted by molar-refractivity contribution is 5.77. The molecule has 2 aromatic carbocycles. The van der Waals surface area contributed by atoms with Crippen molar-refractivity contribution in [3.63, 3.8) is 0 Å². The van der Waals surface area contributed by atoms with Crippen LogP contribution in [0, 0.1) is 18.3 Å². The van der Waals surface area contributed by atoms with E-state index < -0.39 is 0 Å². The molecule has 2 fully saturated rings. The quantitative estimate of drug-likeness (QED) is 0.573. The number of piperazine rings is 1. The standard InChI is InChI=1S/C31H43N3O2/c1-23-11-13-27(14-12-23)30(26-9-7-6-8-10-26)33-19-20-34(28(22-33)31(3,4)5)29(36)21-25-15-17-32(18-16-25)24(2)35/h6-14,25,28,30H,15-22H2,1-5H3/t28-,30?/m1/s1. The number of nitrogens with zero attached hydrogens (tertiary/aromatic N) is 3. The first kappa shape index (κ1) is 26.4. The van der Waals surface area contributed by atoms with Crippen molar-refractivity contribution in [2.75, 3.05) is 32.7 Å². The van der Waals surface area contributed by atoms with Gasteiger partial charge < -0.3 is 9.80 Å². The molecular weight excluding hydrogens is 446 g/mol. The monoisotopic (exact) mass is 489 g/mol. The first-order valence-electron chi connectivity index (χ1n) is 13.5. The molecule has 0 N–H and O–H groups in total. The van der Waals surface area contributed by atoms with E-state index in [9.17, 15) is 9.59 Å². The van der Waals surface area contributed by atoms with Crippen molar-refractivity contribution in [3.05, 3.63) is 71.3 Å². The molecule has 0 saturated carbocycles. The van der Waals surface area contributed by atoms with Crippen LogP contribution in [0.4, 0.5) is 0 Å². The Balaban J connectivity index is 1.52. The topological polar surface area (TPSA) is 43.9 Å². The van der Waals surface area contributed by atoms with Crippen molar-refractivity contribution < 1.29 is 9.59 Å². The Morgan fingerprint density at radius 2 is 1.50 bits per heavy atom. The average molecular weight is 490 g/mol. The van der Waals surface area contributed by atoms with Crippen LogP contribution in [0.25, 0.3) is 0 Å². The third-order valence-electron chi connectivity index (χ3n) is 8.13. The molecule has 0 aromatic heterocycles. The van der Waals surface area contributed by atoms with Gasteiger partial charge in [0.05, 0.1) is 6.04 Å². The van der Waals surface area contributed by atoms with Crippen LogP contribution in [-0.2, 0) is 9.59 Å². The molecule has 2 aliphatic rings. The molecule has 194 valence electrons. The van der Waals surface area contributed by atoms with E-state index in [1.165, 1.54) is 16.7 Å². The molecular formula is C31H43N3O2. The number of benzene rings is 2. The summed E-state index contributed by atoms with van der Waals surface area (Å²) in [6.07, 6.45) is 2.45. The van der Waals surface area contributed by atoms with Crippen molar-refractivity contribution in [2.45, 2.75) is 66.0 Å². The zero-order chi connectivity index (χ0) is 25.9. The highest BCUT2D eigenvalue weighted by Crippen LogP contribution is 2.36. The van der Waals surface area contributed by atoms with Gasteiger partial charge in [-0.15, -0.1) is 0 Å². The lowest BCUT2D eigenvalue weighted by atomic mass is 9.82. The summed E-state index contributed by atoms with van der Waals surface area (Å²) in [5.41, 5.74) is 3.84. The molecule has 2 atom stereocenters. The highest BCUT2D eigenvalue weighted by atomic mass is 16.2. The van der Waals surface area contributed by atoms with Crippen LogP contribution >= 0.6 is 0 Å². The lowest BCUT2D eigenvalue weighted by molar-refractivity contribution is -0.141. The Labute approximate surface area is 217 Å². The van der Waals surface area contributed by atoms with E-state index in [1.54, 1.807) is 6.92 Å². The number of carbonyl (C=O) groups is 2. The van der Waals surface area contributed by atoms with Gasteiger partial charge in [-0.1, -0.05) is 80.9 Å². The molecule has 2 heterocycles. The molecule has 0 aliphatic carbocycles. The molecule has 0 spiro atoms. The van der Waals surface area contributed by atoms with Gasteiger partial charge in [-0.25, -0.2) is 0 Å². The molecule has 2 amide bonds. The minimum absolute atomic E-state index is 0.0269. The second-order valence-corrected chi connectivity index (χ2v) is 11.8. The molecule has 4 rings (SSSR count). The average Bonchev–Trinajstić information content (AvgIpc) is 2.86. The van der Waals surface area contributed by atoms with Crippen LogP contribution < -0.4 is 0 Å². The first-order valence-corrected chi connectivity index (χ1v) is 13.5. The van der Waals surface area contributed by atoms with E-state index in [4.69, 9.17) is 0 Å². The van der Waals surface area contributed by atoms with Crippen LogP contribution in [0.1, 0.15) is 69.7 Å². The third-order valence-corrected chi connectivity index (χ3v) is 8.13. The predicted octanol–water partition coefficient (Wildman–Crippen LogP) is 5.29. The zero-order valence-electron chi connectivity index (χ0n) is 22.7. The fourth-order valence-electron chi connectivity index (χ4n) is 5.89. The first-order chi connectivity index (χ1) is 17.1. The highest BCUT2D eigenvalue weighted by Gasteiger charge is 2.40. The third kappa shape index (κ3) is 6.18. The number of hydrogen-bond acceptors (Lipinski definition) is 3. The smallest absolute Gasteiger partial charge is 0.223 e. The largest absolute Gasteiger partial charge is 0.343 e. The summed E-state index contributed by atoms with van der Waals surface area (Å²) in [7, 11) is 0. The van der Waals surface area contributed by atoms with Gasteiger partial charge in [0.1, 0.15) is 0 Å². The second kappa shape index (κ2) is 11.2. The van der Waals surface area contributed by atoms with E-state index in [0.717, 1.165) is 45.6 Å². The van der Waals surface area contributed by atoms with Crippen LogP contribution in [-0.4, -0.2) is 65.3 Å². The Bertz CT molecular complexity index is 1020. The molecule has 2 saturated heterocycles. The normalized spacial score (nSPS) is 20.9. The van der Waals surface area contributed by atoms with Gasteiger partial charge in [-0.05, 0) is 42.2 Å². The number of aryl methyl sites for hydroxylation is 1. The van der Waals surface area contributed by atoms with Gasteiger partial charge in [0.25, 0.3) is 0 Å². The van der Waals surface area contributed by atoms with E-state index in [0.29, 0.717) is 12.3 Å². The molecule has 36 heavy (non-hydrogen) atoms. The molecule has 2 aromatic rings. The maximum Gasteiger partial charge on any atom is 0.223 e. The number of rotatable bonds is 5. The SMILES string of the molecule is CC(=O)N1CCC(CC(=O)N2CCN(C(c3ccccc3)c3ccc(C)cc3)C[C@@H]2C(C)(C)C)CC1. The summed E-state index contributed by atoms with van der Waals surface area (Å²) in [4.78, 5) is 32.0. The second-order valence-electron chi connectivity index (χ2n) is 11.8. The summed E-state index contributed by atoms with van der Waals surface area (Å²) in [5, 5.41) is 0. The lowest BCUT2D eigenvalue weighted by Gasteiger charge is -2.50. The van der Waals surface area contributed by atoms with E-state index in [2.05, 4.69) is 92.1 Å². The summed E-state index contributed by atoms with van der Waals surface area (Å²) >= 11 is 0. The van der Waals surface area contributed by atoms with Crippen LogP contribution in [0.5, 0.6) is 0 Å². The van der Waals surface area contributed by atoms with Gasteiger partial charge >= 0.3 is 0 Å². The number of hydrogen-bond donors (Lipinski definition) is 0. The van der Waals surface area contributed by atoms with Crippen LogP contribution in [0.3, 0.4) is 0 Å². The summed E-state index contributed by atoms with van der Waals surface area (Å²) in [6.45, 7) is 14.6. The lowest BCUT2D eigenvalue weighted by Crippen LogP contribution is -2.60. The van der Waals surface area contributed by atoms with Crippen molar-refractivity contribution in [3.8, 4) is 0 Å². The molecule has 2 aliphatic heterocycles. The minimum atomic E-state index is -0.0269. The van der Waals surface area contributed by atoms with E-state index >= 15 is 0 Å². The predicted molar refractivity (Wildman–Crippen MR) is 146 cm³/mol. The van der Waals surface area contributed by atoms with Crippen molar-refractivity contribution in [1.82, 2.24) is 14.7 Å². The molecule has 0 bridgehead atoms. The summed E-state index contributed by atoms with van der Waals surface area (Å²) in [6, 6.07) is 20.0. The van der Waals surface area contributed by atoms with Crippen molar-refractivity contribution in [1.29, 1.82) is 0 Å². The summed E-state index contributed by atoms with van der Waals surface area (Å²) in [5.74, 6) is 0.795. The number of amides is 2. The molecule has 1 unspecified atom stereocenters. The molecule has 5 heteroatoms. The van der Waals surface area contributed by atoms with E-state index in [1.807, 2.05) is 4.90 Å². The minimum Gasteiger partial charge on any atom is -0.343 e. The zero-order valence-corrected chi connectivity index (χ0v) is 22.7. The molecule has 0 radical (unpaired) electrons. The Kier molecular flexibility index (Phi) is 8.19. The van der Waals surface area contributed by atoms with Crippen molar-refractivity contribution >= 4 is 11.8 Å². The fraction of sp³-hybridized carbons (Fsp3) is 0.548. The Morgan fingerprint density at radius 1 is 0.889 bits per heavy atom. The maximum atomic E-state index is 13.6. The number of likely N-dealkylation sites (tertiary alicyclic amines) is 1. The number of piperidine rings is 1. The van der Waals surface area contributed by atoms with Gasteiger partial charge in [0.15, 0.2) is 0 Å². The van der Waals surface area contributed by atoms with Crippen molar-refractivity contribution in [2.24, 2.45) is 11.3 Å². The molecule has 5 nitrogen and oxygen atoms in total. The maximum absolute atomic E-state index is 13.6. The van der Waals surface area contributed by atoms with Gasteiger partial charge in [0, 0.05) is 52.1 Å². The van der Waals surface area contributed by atoms with Gasteiger partial charge in [0.2, 0.25) is 11.8 Å². The fourth-order valence-corrected chi connectivity index (χ4v) is 5.89. The Morgan fingerprint density at radius 3 is 2.08 bits per heavy atom. The summed E-state index contributed by atoms with van der Waals surface area (Å²) < 4.78 is 0. The van der Waals surface area contributed by atoms with Gasteiger partial charge in [-0.3, -0.25) is 14.5 Å².